The van der Waals surface area contributed by atoms with Crippen LogP contribution < -0.4 is 9.88 Å². The van der Waals surface area contributed by atoms with Gasteiger partial charge in [-0.15, -0.1) is 0 Å². The van der Waals surface area contributed by atoms with Crippen LogP contribution >= 0.6 is 0 Å². The van der Waals surface area contributed by atoms with E-state index in [1.165, 1.54) is 35.2 Å². The van der Waals surface area contributed by atoms with Crippen LogP contribution in [0.3, 0.4) is 0 Å². The molecule has 0 fully saturated rings. The number of hydrogen-bond acceptors (Lipinski definition) is 1. The molecule has 0 bridgehead atoms. The van der Waals surface area contributed by atoms with Crippen LogP contribution in [0.25, 0.3) is 5.70 Å². The number of allylic oxidation sites excluding steroid dienone is 7. The average molecular weight is 364 g/mol. The van der Waals surface area contributed by atoms with Crippen molar-refractivity contribution in [3.05, 3.63) is 83.4 Å². The Bertz CT molecular complexity index is 776. The van der Waals surface area contributed by atoms with E-state index in [1.807, 2.05) is 6.08 Å². The SMILES string of the molecule is C=C1C=CC=C(c2cc(CCCC)cc[n+]2C/C=C(/C)C/C(C)=C\CC)N1. The third-order valence-electron chi connectivity index (χ3n) is 4.80. The van der Waals surface area contributed by atoms with Gasteiger partial charge in [0.25, 0.3) is 0 Å². The van der Waals surface area contributed by atoms with Crippen LogP contribution in [0.5, 0.6) is 0 Å². The van der Waals surface area contributed by atoms with Gasteiger partial charge in [0.2, 0.25) is 5.69 Å². The predicted molar refractivity (Wildman–Crippen MR) is 117 cm³/mol. The Balaban J connectivity index is 2.26. The highest BCUT2D eigenvalue weighted by atomic mass is 15.0. The van der Waals surface area contributed by atoms with Gasteiger partial charge < -0.3 is 5.32 Å². The number of aryl methyl sites for hydroxylation is 1. The summed E-state index contributed by atoms with van der Waals surface area (Å²) >= 11 is 0. The van der Waals surface area contributed by atoms with E-state index in [0.29, 0.717) is 0 Å². The van der Waals surface area contributed by atoms with Gasteiger partial charge in [-0.05, 0) is 63.3 Å². The summed E-state index contributed by atoms with van der Waals surface area (Å²) in [6.07, 6.45) is 18.8. The Kier molecular flexibility index (Phi) is 8.32. The maximum absolute atomic E-state index is 4.05. The van der Waals surface area contributed by atoms with Crippen molar-refractivity contribution >= 4 is 5.70 Å². The van der Waals surface area contributed by atoms with Gasteiger partial charge in [0, 0.05) is 17.8 Å². The zero-order valence-electron chi connectivity index (χ0n) is 17.5. The molecule has 0 saturated heterocycles. The predicted octanol–water partition coefficient (Wildman–Crippen LogP) is 6.02. The first-order valence-corrected chi connectivity index (χ1v) is 10.2. The number of unbranched alkanes of at least 4 members (excludes halogenated alkanes) is 1. The summed E-state index contributed by atoms with van der Waals surface area (Å²) in [7, 11) is 0. The number of nitrogens with one attached hydrogen (secondary N) is 1. The van der Waals surface area contributed by atoms with Crippen molar-refractivity contribution in [2.45, 2.75) is 66.3 Å². The van der Waals surface area contributed by atoms with E-state index < -0.39 is 0 Å². The molecule has 0 spiro atoms. The van der Waals surface area contributed by atoms with Gasteiger partial charge in [-0.1, -0.05) is 50.1 Å². The summed E-state index contributed by atoms with van der Waals surface area (Å²) in [6, 6.07) is 4.59. The molecule has 1 aromatic heterocycles. The minimum atomic E-state index is 0.879. The summed E-state index contributed by atoms with van der Waals surface area (Å²) < 4.78 is 2.32. The summed E-state index contributed by atoms with van der Waals surface area (Å²) in [5.41, 5.74) is 7.54. The van der Waals surface area contributed by atoms with E-state index in [9.17, 15) is 0 Å². The fraction of sp³-hybridized carbons (Fsp3) is 0.400. The van der Waals surface area contributed by atoms with Crippen LogP contribution in [0.2, 0.25) is 0 Å². The lowest BCUT2D eigenvalue weighted by Crippen LogP contribution is -2.39. The number of rotatable bonds is 9. The fourth-order valence-corrected chi connectivity index (χ4v) is 3.35. The van der Waals surface area contributed by atoms with Gasteiger partial charge in [0.1, 0.15) is 5.70 Å². The molecule has 27 heavy (non-hydrogen) atoms. The van der Waals surface area contributed by atoms with E-state index in [2.05, 4.69) is 86.8 Å². The lowest BCUT2D eigenvalue weighted by Gasteiger charge is -2.14. The van der Waals surface area contributed by atoms with Gasteiger partial charge in [-0.2, -0.15) is 4.57 Å². The summed E-state index contributed by atoms with van der Waals surface area (Å²) in [4.78, 5) is 0. The Labute approximate surface area is 165 Å². The molecule has 0 radical (unpaired) electrons. The summed E-state index contributed by atoms with van der Waals surface area (Å²) in [6.45, 7) is 13.8. The van der Waals surface area contributed by atoms with E-state index in [4.69, 9.17) is 0 Å². The molecule has 1 N–H and O–H groups in total. The molecule has 0 saturated carbocycles. The molecule has 1 aromatic rings. The second-order valence-corrected chi connectivity index (χ2v) is 7.45. The molecule has 2 heteroatoms. The second kappa shape index (κ2) is 10.7. The molecule has 0 amide bonds. The zero-order valence-corrected chi connectivity index (χ0v) is 17.5. The number of hydrogen-bond donors (Lipinski definition) is 1. The number of dihydropyridines is 1. The third kappa shape index (κ3) is 6.71. The largest absolute Gasteiger partial charge is 0.351 e. The van der Waals surface area contributed by atoms with E-state index >= 15 is 0 Å². The topological polar surface area (TPSA) is 15.9 Å². The molecule has 1 aliphatic rings. The van der Waals surface area contributed by atoms with Crippen molar-refractivity contribution in [3.63, 3.8) is 0 Å². The Hall–Kier alpha value is -2.35. The minimum absolute atomic E-state index is 0.879. The normalized spacial score (nSPS) is 15.0. The molecular weight excluding hydrogens is 328 g/mol. The lowest BCUT2D eigenvalue weighted by molar-refractivity contribution is -0.689. The van der Waals surface area contributed by atoms with Gasteiger partial charge in [0.15, 0.2) is 12.7 Å². The molecule has 2 nitrogen and oxygen atoms in total. The monoisotopic (exact) mass is 363 g/mol. The van der Waals surface area contributed by atoms with Crippen LogP contribution in [0.4, 0.5) is 0 Å². The lowest BCUT2D eigenvalue weighted by atomic mass is 10.1. The minimum Gasteiger partial charge on any atom is -0.351 e. The van der Waals surface area contributed by atoms with Crippen molar-refractivity contribution in [1.29, 1.82) is 0 Å². The smallest absolute Gasteiger partial charge is 0.229 e. The molecule has 144 valence electrons. The highest BCUT2D eigenvalue weighted by Crippen LogP contribution is 2.16. The molecule has 0 aromatic carbocycles. The molecule has 2 heterocycles. The highest BCUT2D eigenvalue weighted by molar-refractivity contribution is 5.65. The van der Waals surface area contributed by atoms with E-state index in [-0.39, 0.29) is 0 Å². The van der Waals surface area contributed by atoms with Crippen molar-refractivity contribution in [2.75, 3.05) is 0 Å². The number of pyridine rings is 1. The van der Waals surface area contributed by atoms with Crippen molar-refractivity contribution in [3.8, 4) is 0 Å². The van der Waals surface area contributed by atoms with Gasteiger partial charge in [-0.25, -0.2) is 0 Å². The molecule has 2 rings (SSSR count). The Morgan fingerprint density at radius 2 is 1.96 bits per heavy atom. The molecule has 0 atom stereocenters. The summed E-state index contributed by atoms with van der Waals surface area (Å²) in [5.74, 6) is 0. The molecule has 1 aliphatic heterocycles. The second-order valence-electron chi connectivity index (χ2n) is 7.45. The molecule has 0 aliphatic carbocycles. The van der Waals surface area contributed by atoms with Gasteiger partial charge in [0.05, 0.1) is 0 Å². The first kappa shape index (κ1) is 21.0. The molecule has 0 unspecified atom stereocenters. The quantitative estimate of drug-likeness (QED) is 0.419. The zero-order chi connectivity index (χ0) is 19.6. The van der Waals surface area contributed by atoms with Crippen molar-refractivity contribution in [1.82, 2.24) is 5.32 Å². The standard InChI is InChI=1S/C25H35N2/c1-6-8-12-23-15-17-27(16-14-21(4)18-20(3)10-7-2)25(19-23)24-13-9-11-22(5)26-24/h9-11,13-15,17,19,26H,5-8,12,16,18H2,1-4H3/q+1/b20-10-,21-14-. The fourth-order valence-electron chi connectivity index (χ4n) is 3.35. The first-order chi connectivity index (χ1) is 13.0. The van der Waals surface area contributed by atoms with E-state index in [1.54, 1.807) is 0 Å². The van der Waals surface area contributed by atoms with Gasteiger partial charge in [-0.3, -0.25) is 0 Å². The molecular formula is C25H35N2+. The van der Waals surface area contributed by atoms with Crippen LogP contribution in [-0.4, -0.2) is 0 Å². The maximum Gasteiger partial charge on any atom is 0.229 e. The third-order valence-corrected chi connectivity index (χ3v) is 4.80. The Morgan fingerprint density at radius 3 is 2.67 bits per heavy atom. The van der Waals surface area contributed by atoms with Gasteiger partial charge >= 0.3 is 0 Å². The number of nitrogens with zero attached hydrogens (tertiary/aromatic N) is 1. The number of aromatic nitrogens is 1. The van der Waals surface area contributed by atoms with Crippen LogP contribution in [0.15, 0.2) is 72.1 Å². The highest BCUT2D eigenvalue weighted by Gasteiger charge is 2.17. The Morgan fingerprint density at radius 1 is 1.19 bits per heavy atom. The summed E-state index contributed by atoms with van der Waals surface area (Å²) in [5, 5.41) is 3.42. The first-order valence-electron chi connectivity index (χ1n) is 10.2. The van der Waals surface area contributed by atoms with Crippen molar-refractivity contribution in [2.24, 2.45) is 0 Å². The maximum atomic E-state index is 4.05. The van der Waals surface area contributed by atoms with E-state index in [0.717, 1.165) is 37.2 Å². The van der Waals surface area contributed by atoms with Crippen LogP contribution in [0.1, 0.15) is 64.6 Å². The van der Waals surface area contributed by atoms with Crippen molar-refractivity contribution < 1.29 is 4.57 Å². The van der Waals surface area contributed by atoms with Crippen LogP contribution in [-0.2, 0) is 13.0 Å². The average Bonchev–Trinajstić information content (AvgIpc) is 2.65. The van der Waals surface area contributed by atoms with Crippen LogP contribution in [0, 0.1) is 0 Å².